The molecule has 1 aliphatic carbocycles. The standard InChI is InChI=1S/C26H31F2N3O/c27-23-7-6-20(16-24(23)28)29-25(32)22-17-26(22)10-14-31(15-11-26)21-8-12-30(13-9-21)18-19-4-2-1-3-5-19/h1-7,16,21-22H,8-15,17-18H2,(H,29,32)/t22-/m0/s1. The normalized spacial score (nSPS) is 23.9. The molecule has 2 heterocycles. The van der Waals surface area contributed by atoms with Gasteiger partial charge in [0.2, 0.25) is 5.91 Å². The van der Waals surface area contributed by atoms with Crippen LogP contribution in [0, 0.1) is 23.0 Å². The van der Waals surface area contributed by atoms with Crippen LogP contribution in [0.15, 0.2) is 48.5 Å². The van der Waals surface area contributed by atoms with Crippen molar-refractivity contribution in [3.63, 3.8) is 0 Å². The number of likely N-dealkylation sites (tertiary alicyclic amines) is 2. The van der Waals surface area contributed by atoms with E-state index < -0.39 is 11.6 Å². The van der Waals surface area contributed by atoms with Crippen LogP contribution in [0.4, 0.5) is 14.5 Å². The number of benzene rings is 2. The summed E-state index contributed by atoms with van der Waals surface area (Å²) in [6.45, 7) is 5.42. The Morgan fingerprint density at radius 3 is 2.38 bits per heavy atom. The van der Waals surface area contributed by atoms with E-state index in [1.807, 2.05) is 0 Å². The zero-order chi connectivity index (χ0) is 22.1. The van der Waals surface area contributed by atoms with E-state index in [9.17, 15) is 13.6 Å². The topological polar surface area (TPSA) is 35.6 Å². The van der Waals surface area contributed by atoms with Gasteiger partial charge < -0.3 is 10.2 Å². The average molecular weight is 440 g/mol. The maximum atomic E-state index is 13.4. The number of halogens is 2. The Hall–Kier alpha value is -2.31. The van der Waals surface area contributed by atoms with Crippen molar-refractivity contribution in [1.29, 1.82) is 0 Å². The molecule has 2 aliphatic heterocycles. The van der Waals surface area contributed by atoms with Crippen molar-refractivity contribution in [3.05, 3.63) is 65.7 Å². The fourth-order valence-electron chi connectivity index (χ4n) is 5.69. The largest absolute Gasteiger partial charge is 0.326 e. The minimum absolute atomic E-state index is 0.00881. The predicted octanol–water partition coefficient (Wildman–Crippen LogP) is 4.67. The average Bonchev–Trinajstić information content (AvgIpc) is 3.51. The number of piperidine rings is 2. The van der Waals surface area contributed by atoms with E-state index in [1.165, 1.54) is 24.5 Å². The molecule has 3 fully saturated rings. The minimum atomic E-state index is -0.934. The van der Waals surface area contributed by atoms with E-state index in [4.69, 9.17) is 0 Å². The Bertz CT molecular complexity index is 951. The molecule has 2 aromatic carbocycles. The zero-order valence-electron chi connectivity index (χ0n) is 18.4. The van der Waals surface area contributed by atoms with Gasteiger partial charge in [0.15, 0.2) is 11.6 Å². The maximum Gasteiger partial charge on any atom is 0.228 e. The highest BCUT2D eigenvalue weighted by Crippen LogP contribution is 2.60. The van der Waals surface area contributed by atoms with Crippen LogP contribution in [-0.2, 0) is 11.3 Å². The molecule has 2 aromatic rings. The molecule has 0 aromatic heterocycles. The highest BCUT2D eigenvalue weighted by molar-refractivity contribution is 5.95. The van der Waals surface area contributed by atoms with Gasteiger partial charge in [-0.05, 0) is 81.4 Å². The van der Waals surface area contributed by atoms with Gasteiger partial charge in [0.05, 0.1) is 0 Å². The second-order valence-electron chi connectivity index (χ2n) is 9.77. The van der Waals surface area contributed by atoms with Gasteiger partial charge in [-0.25, -0.2) is 8.78 Å². The Morgan fingerprint density at radius 1 is 0.969 bits per heavy atom. The Labute approximate surface area is 188 Å². The molecule has 4 nitrogen and oxygen atoms in total. The highest BCUT2D eigenvalue weighted by atomic mass is 19.2. The van der Waals surface area contributed by atoms with Crippen LogP contribution in [0.5, 0.6) is 0 Å². The van der Waals surface area contributed by atoms with Crippen molar-refractivity contribution in [2.24, 2.45) is 11.3 Å². The second-order valence-corrected chi connectivity index (χ2v) is 9.77. The molecule has 0 radical (unpaired) electrons. The maximum absolute atomic E-state index is 13.4. The van der Waals surface area contributed by atoms with Crippen molar-refractivity contribution in [3.8, 4) is 0 Å². The van der Waals surface area contributed by atoms with E-state index in [0.29, 0.717) is 11.7 Å². The molecule has 6 heteroatoms. The summed E-state index contributed by atoms with van der Waals surface area (Å²) in [5, 5.41) is 2.78. The van der Waals surface area contributed by atoms with Gasteiger partial charge in [0, 0.05) is 30.3 Å². The van der Waals surface area contributed by atoms with Crippen LogP contribution in [0.2, 0.25) is 0 Å². The molecular formula is C26H31F2N3O. The second kappa shape index (κ2) is 8.91. The summed E-state index contributed by atoms with van der Waals surface area (Å²) in [7, 11) is 0. The minimum Gasteiger partial charge on any atom is -0.326 e. The van der Waals surface area contributed by atoms with Crippen LogP contribution in [-0.4, -0.2) is 47.9 Å². The number of nitrogens with one attached hydrogen (secondary N) is 1. The fourth-order valence-corrected chi connectivity index (χ4v) is 5.69. The van der Waals surface area contributed by atoms with Gasteiger partial charge in [0.25, 0.3) is 0 Å². The molecule has 5 rings (SSSR count). The molecule has 3 aliphatic rings. The quantitative estimate of drug-likeness (QED) is 0.736. The van der Waals surface area contributed by atoms with Gasteiger partial charge in [-0.3, -0.25) is 9.69 Å². The number of amides is 1. The molecule has 0 bridgehead atoms. The summed E-state index contributed by atoms with van der Waals surface area (Å²) >= 11 is 0. The number of rotatable bonds is 5. The van der Waals surface area contributed by atoms with Crippen LogP contribution >= 0.6 is 0 Å². The van der Waals surface area contributed by atoms with Crippen molar-refractivity contribution < 1.29 is 13.6 Å². The van der Waals surface area contributed by atoms with E-state index in [2.05, 4.69) is 45.4 Å². The first-order valence-corrected chi connectivity index (χ1v) is 11.8. The molecule has 32 heavy (non-hydrogen) atoms. The van der Waals surface area contributed by atoms with Gasteiger partial charge in [-0.15, -0.1) is 0 Å². The summed E-state index contributed by atoms with van der Waals surface area (Å²) in [4.78, 5) is 17.9. The van der Waals surface area contributed by atoms with Crippen molar-refractivity contribution in [2.45, 2.75) is 44.7 Å². The molecule has 2 saturated heterocycles. The molecule has 1 atom stereocenters. The first kappa shape index (κ1) is 21.5. The third-order valence-electron chi connectivity index (χ3n) is 7.81. The summed E-state index contributed by atoms with van der Waals surface area (Å²) in [6, 6.07) is 14.8. The molecule has 1 amide bonds. The third-order valence-corrected chi connectivity index (χ3v) is 7.81. The predicted molar refractivity (Wildman–Crippen MR) is 121 cm³/mol. The third kappa shape index (κ3) is 4.57. The molecule has 1 spiro atoms. The van der Waals surface area contributed by atoms with Crippen molar-refractivity contribution in [1.82, 2.24) is 9.80 Å². The first-order valence-electron chi connectivity index (χ1n) is 11.8. The van der Waals surface area contributed by atoms with Crippen LogP contribution in [0.1, 0.15) is 37.7 Å². The van der Waals surface area contributed by atoms with Crippen molar-refractivity contribution >= 4 is 11.6 Å². The Kier molecular flexibility index (Phi) is 5.99. The lowest BCUT2D eigenvalue weighted by Gasteiger charge is -2.42. The van der Waals surface area contributed by atoms with Gasteiger partial charge in [-0.1, -0.05) is 30.3 Å². The summed E-state index contributed by atoms with van der Waals surface area (Å²) in [5.41, 5.74) is 1.82. The lowest BCUT2D eigenvalue weighted by atomic mass is 9.88. The van der Waals surface area contributed by atoms with E-state index >= 15 is 0 Å². The molecular weight excluding hydrogens is 408 g/mol. The fraction of sp³-hybridized carbons (Fsp3) is 0.500. The van der Waals surface area contributed by atoms with E-state index in [0.717, 1.165) is 64.1 Å². The summed E-state index contributed by atoms with van der Waals surface area (Å²) in [5.74, 6) is -1.90. The number of anilines is 1. The number of nitrogens with zero attached hydrogens (tertiary/aromatic N) is 2. The lowest BCUT2D eigenvalue weighted by Crippen LogP contribution is -2.48. The van der Waals surface area contributed by atoms with Gasteiger partial charge >= 0.3 is 0 Å². The lowest BCUT2D eigenvalue weighted by molar-refractivity contribution is -0.118. The zero-order valence-corrected chi connectivity index (χ0v) is 18.4. The van der Waals surface area contributed by atoms with Crippen LogP contribution in [0.3, 0.4) is 0 Å². The molecule has 1 N–H and O–H groups in total. The molecule has 170 valence electrons. The summed E-state index contributed by atoms with van der Waals surface area (Å²) in [6.07, 6.45) is 5.42. The first-order chi connectivity index (χ1) is 15.5. The van der Waals surface area contributed by atoms with Crippen LogP contribution in [0.25, 0.3) is 0 Å². The Morgan fingerprint density at radius 2 is 1.69 bits per heavy atom. The monoisotopic (exact) mass is 439 g/mol. The van der Waals surface area contributed by atoms with E-state index in [1.54, 1.807) is 0 Å². The van der Waals surface area contributed by atoms with Gasteiger partial charge in [0.1, 0.15) is 0 Å². The number of carbonyl (C=O) groups is 1. The number of carbonyl (C=O) groups excluding carboxylic acids is 1. The SMILES string of the molecule is O=C(Nc1ccc(F)c(F)c1)[C@@H]1CC12CCN(C1CCN(Cc3ccccc3)CC1)CC2. The molecule has 1 saturated carbocycles. The van der Waals surface area contributed by atoms with E-state index in [-0.39, 0.29) is 17.2 Å². The number of hydrogen-bond acceptors (Lipinski definition) is 3. The number of hydrogen-bond donors (Lipinski definition) is 1. The summed E-state index contributed by atoms with van der Waals surface area (Å²) < 4.78 is 26.5. The Balaban J connectivity index is 1.07. The van der Waals surface area contributed by atoms with Gasteiger partial charge in [-0.2, -0.15) is 0 Å². The van der Waals surface area contributed by atoms with Crippen LogP contribution < -0.4 is 5.32 Å². The molecule has 0 unspecified atom stereocenters. The van der Waals surface area contributed by atoms with Crippen molar-refractivity contribution in [2.75, 3.05) is 31.5 Å². The smallest absolute Gasteiger partial charge is 0.228 e. The highest BCUT2D eigenvalue weighted by Gasteiger charge is 2.58.